The van der Waals surface area contributed by atoms with Gasteiger partial charge in [0.2, 0.25) is 5.91 Å². The maximum Gasteiger partial charge on any atom is 0.243 e. The van der Waals surface area contributed by atoms with Crippen LogP contribution >= 0.6 is 11.3 Å². The molecule has 30 heavy (non-hydrogen) atoms. The molecule has 3 aromatic rings. The van der Waals surface area contributed by atoms with Crippen molar-refractivity contribution in [1.29, 1.82) is 0 Å². The standard InChI is InChI=1S/C22H29N5O2S/c1-27(2)20(28)15-26-22(24-12-10-17-6-5-13-30-17)23-11-9-16-14-25-18-7-4-8-19(29-3)21(16)18/h4-8,13-14,25H,9-12,15H2,1-3H3,(H2,23,24,26). The molecule has 0 aliphatic heterocycles. The number of nitrogens with zero attached hydrogens (tertiary/aromatic N) is 2. The maximum atomic E-state index is 11.9. The van der Waals surface area contributed by atoms with Crippen LogP contribution in [0.15, 0.2) is 46.9 Å². The first-order chi connectivity index (χ1) is 14.6. The third-order valence-electron chi connectivity index (χ3n) is 4.77. The Balaban J connectivity index is 1.60. The summed E-state index contributed by atoms with van der Waals surface area (Å²) in [6.07, 6.45) is 3.73. The highest BCUT2D eigenvalue weighted by atomic mass is 32.1. The molecule has 0 atom stereocenters. The Bertz CT molecular complexity index is 979. The van der Waals surface area contributed by atoms with Crippen molar-refractivity contribution >= 4 is 34.1 Å². The number of guanidine groups is 1. The number of aliphatic imine (C=N–C) groups is 1. The van der Waals surface area contributed by atoms with Gasteiger partial charge in [-0.1, -0.05) is 12.1 Å². The third kappa shape index (κ3) is 5.76. The molecule has 3 rings (SSSR count). The van der Waals surface area contributed by atoms with Crippen LogP contribution < -0.4 is 15.4 Å². The molecule has 1 aromatic carbocycles. The van der Waals surface area contributed by atoms with Gasteiger partial charge < -0.3 is 25.3 Å². The molecule has 0 fully saturated rings. The molecule has 0 bridgehead atoms. The van der Waals surface area contributed by atoms with Crippen LogP contribution in [0.3, 0.4) is 0 Å². The number of fused-ring (bicyclic) bond motifs is 1. The summed E-state index contributed by atoms with van der Waals surface area (Å²) < 4.78 is 5.51. The van der Waals surface area contributed by atoms with Crippen LogP contribution in [0, 0.1) is 0 Å². The summed E-state index contributed by atoms with van der Waals surface area (Å²) in [5.41, 5.74) is 2.24. The molecular weight excluding hydrogens is 398 g/mol. The van der Waals surface area contributed by atoms with Gasteiger partial charge in [-0.15, -0.1) is 11.3 Å². The Kier molecular flexibility index (Phi) is 7.73. The van der Waals surface area contributed by atoms with Gasteiger partial charge in [0.1, 0.15) is 12.3 Å². The molecular formula is C22H29N5O2S. The van der Waals surface area contributed by atoms with Crippen LogP contribution in [0.5, 0.6) is 5.75 Å². The summed E-state index contributed by atoms with van der Waals surface area (Å²) in [5.74, 6) is 1.48. The topological polar surface area (TPSA) is 81.7 Å². The highest BCUT2D eigenvalue weighted by Gasteiger charge is 2.10. The minimum Gasteiger partial charge on any atom is -0.496 e. The van der Waals surface area contributed by atoms with Crippen molar-refractivity contribution in [3.8, 4) is 5.75 Å². The first-order valence-electron chi connectivity index (χ1n) is 9.96. The van der Waals surface area contributed by atoms with Gasteiger partial charge in [-0.25, -0.2) is 4.99 Å². The maximum absolute atomic E-state index is 11.9. The first-order valence-corrected chi connectivity index (χ1v) is 10.8. The van der Waals surface area contributed by atoms with E-state index in [2.05, 4.69) is 38.1 Å². The summed E-state index contributed by atoms with van der Waals surface area (Å²) in [5, 5.41) is 9.87. The molecule has 0 radical (unpaired) electrons. The van der Waals surface area contributed by atoms with E-state index < -0.39 is 0 Å². The van der Waals surface area contributed by atoms with Crippen LogP contribution in [0.25, 0.3) is 10.9 Å². The van der Waals surface area contributed by atoms with Crippen LogP contribution in [-0.4, -0.2) is 62.6 Å². The monoisotopic (exact) mass is 427 g/mol. The SMILES string of the molecule is COc1cccc2[nH]cc(CCNC(=NCC(=O)N(C)C)NCCc3cccs3)c12. The molecule has 1 amide bonds. The number of aromatic nitrogens is 1. The normalized spacial score (nSPS) is 11.5. The fraction of sp³-hybridized carbons (Fsp3) is 0.364. The average Bonchev–Trinajstić information content (AvgIpc) is 3.41. The predicted octanol–water partition coefficient (Wildman–Crippen LogP) is 2.65. The van der Waals surface area contributed by atoms with Crippen LogP contribution in [0.2, 0.25) is 0 Å². The largest absolute Gasteiger partial charge is 0.496 e. The van der Waals surface area contributed by atoms with Crippen molar-refractivity contribution < 1.29 is 9.53 Å². The van der Waals surface area contributed by atoms with E-state index in [1.807, 2.05) is 24.4 Å². The molecule has 8 heteroatoms. The molecule has 2 aromatic heterocycles. The van der Waals surface area contributed by atoms with E-state index in [9.17, 15) is 4.79 Å². The fourth-order valence-electron chi connectivity index (χ4n) is 3.12. The minimum atomic E-state index is -0.0317. The summed E-state index contributed by atoms with van der Waals surface area (Å²) in [6, 6.07) is 10.2. The number of benzene rings is 1. The van der Waals surface area contributed by atoms with E-state index in [-0.39, 0.29) is 12.5 Å². The van der Waals surface area contributed by atoms with Crippen molar-refractivity contribution in [2.24, 2.45) is 4.99 Å². The Morgan fingerprint density at radius 2 is 1.97 bits per heavy atom. The van der Waals surface area contributed by atoms with Gasteiger partial charge >= 0.3 is 0 Å². The fourth-order valence-corrected chi connectivity index (χ4v) is 3.83. The van der Waals surface area contributed by atoms with Gasteiger partial charge in [0, 0.05) is 49.2 Å². The van der Waals surface area contributed by atoms with Crippen LogP contribution in [0.4, 0.5) is 0 Å². The Morgan fingerprint density at radius 3 is 2.67 bits per heavy atom. The van der Waals surface area contributed by atoms with E-state index in [0.29, 0.717) is 12.5 Å². The molecule has 3 N–H and O–H groups in total. The number of nitrogens with one attached hydrogen (secondary N) is 3. The average molecular weight is 428 g/mol. The lowest BCUT2D eigenvalue weighted by Gasteiger charge is -2.14. The first kappa shape index (κ1) is 21.7. The summed E-state index contributed by atoms with van der Waals surface area (Å²) in [4.78, 5) is 22.5. The van der Waals surface area contributed by atoms with E-state index >= 15 is 0 Å². The van der Waals surface area contributed by atoms with Gasteiger partial charge in [0.05, 0.1) is 7.11 Å². The smallest absolute Gasteiger partial charge is 0.243 e. The third-order valence-corrected chi connectivity index (χ3v) is 5.71. The van der Waals surface area contributed by atoms with Crippen LogP contribution in [0.1, 0.15) is 10.4 Å². The van der Waals surface area contributed by atoms with Gasteiger partial charge in [-0.3, -0.25) is 4.79 Å². The van der Waals surface area contributed by atoms with Gasteiger partial charge in [-0.05, 0) is 42.0 Å². The van der Waals surface area contributed by atoms with E-state index in [1.54, 1.807) is 37.4 Å². The molecule has 0 unspecified atom stereocenters. The highest BCUT2D eigenvalue weighted by molar-refractivity contribution is 7.09. The number of likely N-dealkylation sites (N-methyl/N-ethyl adjacent to an activating group) is 1. The van der Waals surface area contributed by atoms with Crippen molar-refractivity contribution in [2.75, 3.05) is 40.8 Å². The number of rotatable bonds is 9. The lowest BCUT2D eigenvalue weighted by atomic mass is 10.1. The van der Waals surface area contributed by atoms with Gasteiger partial charge in [-0.2, -0.15) is 0 Å². The molecule has 0 saturated carbocycles. The summed E-state index contributed by atoms with van der Waals surface area (Å²) in [7, 11) is 5.16. The molecule has 0 aliphatic carbocycles. The number of carbonyl (C=O) groups excluding carboxylic acids is 1. The second-order valence-electron chi connectivity index (χ2n) is 7.08. The Labute approximate surface area is 181 Å². The van der Waals surface area contributed by atoms with Gasteiger partial charge in [0.15, 0.2) is 5.96 Å². The molecule has 160 valence electrons. The van der Waals surface area contributed by atoms with Gasteiger partial charge in [0.25, 0.3) is 0 Å². The summed E-state index contributed by atoms with van der Waals surface area (Å²) >= 11 is 1.74. The predicted molar refractivity (Wildman–Crippen MR) is 124 cm³/mol. The quantitative estimate of drug-likeness (QED) is 0.362. The highest BCUT2D eigenvalue weighted by Crippen LogP contribution is 2.28. The molecule has 0 spiro atoms. The molecule has 2 heterocycles. The number of ether oxygens (including phenoxy) is 1. The number of thiophene rings is 1. The molecule has 0 saturated heterocycles. The lowest BCUT2D eigenvalue weighted by molar-refractivity contribution is -0.127. The second kappa shape index (κ2) is 10.7. The lowest BCUT2D eigenvalue weighted by Crippen LogP contribution is -2.40. The number of amides is 1. The van der Waals surface area contributed by atoms with E-state index in [0.717, 1.165) is 36.0 Å². The number of carbonyl (C=O) groups is 1. The zero-order chi connectivity index (χ0) is 21.3. The zero-order valence-electron chi connectivity index (χ0n) is 17.7. The van der Waals surface area contributed by atoms with E-state index in [1.165, 1.54) is 10.4 Å². The van der Waals surface area contributed by atoms with Crippen molar-refractivity contribution in [2.45, 2.75) is 12.8 Å². The number of aromatic amines is 1. The van der Waals surface area contributed by atoms with Crippen molar-refractivity contribution in [3.05, 3.63) is 52.3 Å². The second-order valence-corrected chi connectivity index (χ2v) is 8.11. The molecule has 7 nitrogen and oxygen atoms in total. The van der Waals surface area contributed by atoms with Crippen molar-refractivity contribution in [3.63, 3.8) is 0 Å². The number of hydrogen-bond acceptors (Lipinski definition) is 4. The number of hydrogen-bond donors (Lipinski definition) is 3. The zero-order valence-corrected chi connectivity index (χ0v) is 18.5. The number of methoxy groups -OCH3 is 1. The molecule has 0 aliphatic rings. The Morgan fingerprint density at radius 1 is 1.17 bits per heavy atom. The Hall–Kier alpha value is -3.00. The number of H-pyrrole nitrogens is 1. The summed E-state index contributed by atoms with van der Waals surface area (Å²) in [6.45, 7) is 1.55. The van der Waals surface area contributed by atoms with Crippen LogP contribution in [-0.2, 0) is 17.6 Å². The van der Waals surface area contributed by atoms with Crippen molar-refractivity contribution in [1.82, 2.24) is 20.5 Å². The van der Waals surface area contributed by atoms with E-state index in [4.69, 9.17) is 4.74 Å². The minimum absolute atomic E-state index is 0.0317.